The maximum atomic E-state index is 12.3. The van der Waals surface area contributed by atoms with E-state index in [0.29, 0.717) is 22.6 Å². The van der Waals surface area contributed by atoms with E-state index in [1.165, 1.54) is 6.21 Å². The standard InChI is InChI=1S/C25H23N3O4/c1-3-19-10-4-5-13-22(19)27-23(29)24(30)28-26-16-18-9-7-12-21(15-18)32-25(31)20-11-6-8-17(2)14-20/h4-16H,3H2,1-2H3,(H,27,29)(H,28,30). The van der Waals surface area contributed by atoms with E-state index in [1.54, 1.807) is 54.6 Å². The lowest BCUT2D eigenvalue weighted by molar-refractivity contribution is -0.136. The molecule has 0 bridgehead atoms. The van der Waals surface area contributed by atoms with Gasteiger partial charge in [-0.15, -0.1) is 0 Å². The lowest BCUT2D eigenvalue weighted by atomic mass is 10.1. The van der Waals surface area contributed by atoms with Crippen molar-refractivity contribution in [3.8, 4) is 5.75 Å². The Bertz CT molecular complexity index is 1170. The van der Waals surface area contributed by atoms with Crippen molar-refractivity contribution < 1.29 is 19.1 Å². The van der Waals surface area contributed by atoms with Gasteiger partial charge in [-0.1, -0.05) is 55.0 Å². The molecule has 0 aliphatic carbocycles. The second kappa shape index (κ2) is 10.7. The molecule has 32 heavy (non-hydrogen) atoms. The highest BCUT2D eigenvalue weighted by Crippen LogP contribution is 2.16. The number of amides is 2. The number of hydrazone groups is 1. The van der Waals surface area contributed by atoms with E-state index < -0.39 is 17.8 Å². The molecule has 2 amide bonds. The van der Waals surface area contributed by atoms with Crippen LogP contribution in [0.5, 0.6) is 5.75 Å². The van der Waals surface area contributed by atoms with E-state index in [9.17, 15) is 14.4 Å². The Labute approximate surface area is 186 Å². The van der Waals surface area contributed by atoms with Crippen LogP contribution < -0.4 is 15.5 Å². The van der Waals surface area contributed by atoms with Crippen LogP contribution in [0.4, 0.5) is 5.69 Å². The predicted molar refractivity (Wildman–Crippen MR) is 123 cm³/mol. The van der Waals surface area contributed by atoms with Gasteiger partial charge in [0.2, 0.25) is 0 Å². The van der Waals surface area contributed by atoms with Gasteiger partial charge in [0.25, 0.3) is 0 Å². The molecule has 3 aromatic carbocycles. The van der Waals surface area contributed by atoms with Crippen molar-refractivity contribution in [1.29, 1.82) is 0 Å². The molecule has 0 spiro atoms. The number of carbonyl (C=O) groups excluding carboxylic acids is 3. The molecule has 0 aliphatic rings. The number of hydrogen-bond donors (Lipinski definition) is 2. The molecule has 3 rings (SSSR count). The van der Waals surface area contributed by atoms with E-state index in [1.807, 2.05) is 32.0 Å². The van der Waals surface area contributed by atoms with Crippen LogP contribution in [0.2, 0.25) is 0 Å². The van der Waals surface area contributed by atoms with Crippen LogP contribution >= 0.6 is 0 Å². The fourth-order valence-electron chi connectivity index (χ4n) is 2.94. The zero-order chi connectivity index (χ0) is 22.9. The lowest BCUT2D eigenvalue weighted by Crippen LogP contribution is -2.32. The van der Waals surface area contributed by atoms with E-state index >= 15 is 0 Å². The Kier molecular flexibility index (Phi) is 7.48. The number of benzene rings is 3. The number of ether oxygens (including phenoxy) is 1. The van der Waals surface area contributed by atoms with Crippen molar-refractivity contribution in [1.82, 2.24) is 5.43 Å². The van der Waals surface area contributed by atoms with Crippen LogP contribution in [0, 0.1) is 6.92 Å². The molecule has 0 aliphatic heterocycles. The van der Waals surface area contributed by atoms with Gasteiger partial charge in [-0.2, -0.15) is 5.10 Å². The number of hydrogen-bond acceptors (Lipinski definition) is 5. The summed E-state index contributed by atoms with van der Waals surface area (Å²) in [4.78, 5) is 36.4. The first-order chi connectivity index (χ1) is 15.5. The van der Waals surface area contributed by atoms with E-state index in [-0.39, 0.29) is 0 Å². The number of rotatable bonds is 6. The van der Waals surface area contributed by atoms with Crippen LogP contribution in [-0.2, 0) is 16.0 Å². The molecule has 2 N–H and O–H groups in total. The molecule has 3 aromatic rings. The number of para-hydroxylation sites is 1. The number of esters is 1. The summed E-state index contributed by atoms with van der Waals surface area (Å²) in [6.45, 7) is 3.85. The quantitative estimate of drug-likeness (QED) is 0.204. The molecule has 162 valence electrons. The summed E-state index contributed by atoms with van der Waals surface area (Å²) in [5, 5.41) is 6.39. The smallest absolute Gasteiger partial charge is 0.343 e. The molecular weight excluding hydrogens is 406 g/mol. The predicted octanol–water partition coefficient (Wildman–Crippen LogP) is 3.87. The third kappa shape index (κ3) is 6.12. The van der Waals surface area contributed by atoms with Gasteiger partial charge in [0.15, 0.2) is 0 Å². The first-order valence-electron chi connectivity index (χ1n) is 10.1. The molecule has 0 unspecified atom stereocenters. The number of anilines is 1. The minimum atomic E-state index is -0.894. The zero-order valence-corrected chi connectivity index (χ0v) is 17.8. The summed E-state index contributed by atoms with van der Waals surface area (Å²) in [6.07, 6.45) is 2.08. The van der Waals surface area contributed by atoms with Crippen molar-refractivity contribution >= 4 is 29.7 Å². The molecule has 7 nitrogen and oxygen atoms in total. The van der Waals surface area contributed by atoms with Gasteiger partial charge in [-0.25, -0.2) is 10.2 Å². The molecule has 0 aromatic heterocycles. The van der Waals surface area contributed by atoms with Gasteiger partial charge in [0, 0.05) is 5.69 Å². The molecule has 0 fully saturated rings. The fourth-order valence-corrected chi connectivity index (χ4v) is 2.94. The topological polar surface area (TPSA) is 96.9 Å². The Balaban J connectivity index is 1.58. The molecule has 0 radical (unpaired) electrons. The highest BCUT2D eigenvalue weighted by molar-refractivity contribution is 6.39. The molecule has 0 saturated heterocycles. The Morgan fingerprint density at radius 2 is 1.72 bits per heavy atom. The number of carbonyl (C=O) groups is 3. The van der Waals surface area contributed by atoms with Gasteiger partial charge in [-0.3, -0.25) is 9.59 Å². The highest BCUT2D eigenvalue weighted by atomic mass is 16.5. The van der Waals surface area contributed by atoms with Crippen LogP contribution in [-0.4, -0.2) is 24.0 Å². The first kappa shape index (κ1) is 22.4. The van der Waals surface area contributed by atoms with E-state index in [4.69, 9.17) is 4.74 Å². The van der Waals surface area contributed by atoms with Crippen molar-refractivity contribution in [2.24, 2.45) is 5.10 Å². The van der Waals surface area contributed by atoms with E-state index in [0.717, 1.165) is 17.5 Å². The summed E-state index contributed by atoms with van der Waals surface area (Å²) in [7, 11) is 0. The number of nitrogens with zero attached hydrogens (tertiary/aromatic N) is 1. The Morgan fingerprint density at radius 1 is 0.938 bits per heavy atom. The van der Waals surface area contributed by atoms with Gasteiger partial charge in [-0.05, 0) is 54.8 Å². The first-order valence-corrected chi connectivity index (χ1v) is 10.1. The van der Waals surface area contributed by atoms with Gasteiger partial charge in [0.05, 0.1) is 11.8 Å². The maximum Gasteiger partial charge on any atom is 0.343 e. The normalized spacial score (nSPS) is 10.6. The number of nitrogens with one attached hydrogen (secondary N) is 2. The summed E-state index contributed by atoms with van der Waals surface area (Å²) < 4.78 is 5.40. The Morgan fingerprint density at radius 3 is 2.50 bits per heavy atom. The Hall–Kier alpha value is -4.26. The molecule has 0 heterocycles. The van der Waals surface area contributed by atoms with Crippen molar-refractivity contribution in [3.63, 3.8) is 0 Å². The van der Waals surface area contributed by atoms with Gasteiger partial charge < -0.3 is 10.1 Å². The minimum Gasteiger partial charge on any atom is -0.423 e. The van der Waals surface area contributed by atoms with Crippen LogP contribution in [0.25, 0.3) is 0 Å². The summed E-state index contributed by atoms with van der Waals surface area (Å²) in [5.74, 6) is -1.85. The zero-order valence-electron chi connectivity index (χ0n) is 17.8. The second-order valence-corrected chi connectivity index (χ2v) is 7.00. The second-order valence-electron chi connectivity index (χ2n) is 7.00. The minimum absolute atomic E-state index is 0.334. The summed E-state index contributed by atoms with van der Waals surface area (Å²) >= 11 is 0. The third-order valence-electron chi connectivity index (χ3n) is 4.55. The average Bonchev–Trinajstić information content (AvgIpc) is 2.79. The van der Waals surface area contributed by atoms with Crippen molar-refractivity contribution in [2.45, 2.75) is 20.3 Å². The summed E-state index contributed by atoms with van der Waals surface area (Å²) in [6, 6.07) is 21.0. The SMILES string of the molecule is CCc1ccccc1NC(=O)C(=O)NN=Cc1cccc(OC(=O)c2cccc(C)c2)c1. The molecular formula is C25H23N3O4. The monoisotopic (exact) mass is 429 g/mol. The van der Waals surface area contributed by atoms with Crippen LogP contribution in [0.3, 0.4) is 0 Å². The van der Waals surface area contributed by atoms with Crippen LogP contribution in [0.15, 0.2) is 77.9 Å². The van der Waals surface area contributed by atoms with Gasteiger partial charge >= 0.3 is 17.8 Å². The third-order valence-corrected chi connectivity index (χ3v) is 4.55. The molecule has 0 atom stereocenters. The highest BCUT2D eigenvalue weighted by Gasteiger charge is 2.14. The largest absolute Gasteiger partial charge is 0.423 e. The van der Waals surface area contributed by atoms with E-state index in [2.05, 4.69) is 15.8 Å². The molecule has 7 heteroatoms. The van der Waals surface area contributed by atoms with Crippen molar-refractivity contribution in [2.75, 3.05) is 5.32 Å². The van der Waals surface area contributed by atoms with Gasteiger partial charge in [0.1, 0.15) is 5.75 Å². The fraction of sp³-hybridized carbons (Fsp3) is 0.120. The lowest BCUT2D eigenvalue weighted by Gasteiger charge is -2.08. The number of aryl methyl sites for hydroxylation is 2. The molecule has 0 saturated carbocycles. The maximum absolute atomic E-state index is 12.3. The van der Waals surface area contributed by atoms with Crippen molar-refractivity contribution in [3.05, 3.63) is 95.1 Å². The summed E-state index contributed by atoms with van der Waals surface area (Å²) in [5.41, 5.74) is 5.69. The van der Waals surface area contributed by atoms with Crippen LogP contribution in [0.1, 0.15) is 34.0 Å². The average molecular weight is 429 g/mol.